The van der Waals surface area contributed by atoms with Crippen LogP contribution in [0.2, 0.25) is 0 Å². The maximum Gasteiger partial charge on any atom is 0.166 e. The molecule has 1 unspecified atom stereocenters. The van der Waals surface area contributed by atoms with Crippen LogP contribution in [0, 0.1) is 5.92 Å². The Morgan fingerprint density at radius 2 is 1.83 bits per heavy atom. The Labute approximate surface area is 145 Å². The molecule has 0 fully saturated rings. The van der Waals surface area contributed by atoms with Crippen molar-refractivity contribution in [3.05, 3.63) is 47.9 Å². The summed E-state index contributed by atoms with van der Waals surface area (Å²) in [5.41, 5.74) is 3.45. The molecule has 1 atom stereocenters. The number of Topliss-reactive ketones (excluding diaryl/α,β-unsaturated/α-hetero) is 1. The van der Waals surface area contributed by atoms with Crippen LogP contribution >= 0.6 is 0 Å². The Balaban J connectivity index is 2.21. The van der Waals surface area contributed by atoms with Crippen molar-refractivity contribution in [3.63, 3.8) is 0 Å². The van der Waals surface area contributed by atoms with Gasteiger partial charge in [0.1, 0.15) is 0 Å². The van der Waals surface area contributed by atoms with Gasteiger partial charge in [-0.2, -0.15) is 0 Å². The summed E-state index contributed by atoms with van der Waals surface area (Å²) in [6.07, 6.45) is 10.1. The van der Waals surface area contributed by atoms with E-state index in [1.165, 1.54) is 12.8 Å². The maximum atomic E-state index is 12.7. The second kappa shape index (κ2) is 9.31. The van der Waals surface area contributed by atoms with E-state index in [2.05, 4.69) is 23.8 Å². The predicted molar refractivity (Wildman–Crippen MR) is 99.1 cm³/mol. The minimum absolute atomic E-state index is 0.0393. The summed E-state index contributed by atoms with van der Waals surface area (Å²) >= 11 is 0. The first kappa shape index (κ1) is 18.3. The molecule has 3 heteroatoms. The molecule has 24 heavy (non-hydrogen) atoms. The molecule has 2 aromatic rings. The standard InChI is InChI=1S/C21H28N2O/c1-4-6-7-11-17-14-23-20(15-22-17)18-12-8-9-13-19(18)21(24)16(3)10-5-2/h8-9,12-16H,4-7,10-11H2,1-3H3. The van der Waals surface area contributed by atoms with Gasteiger partial charge in [-0.15, -0.1) is 0 Å². The van der Waals surface area contributed by atoms with Gasteiger partial charge in [-0.3, -0.25) is 14.8 Å². The first-order valence-electron chi connectivity index (χ1n) is 9.11. The third-order valence-corrected chi connectivity index (χ3v) is 4.38. The van der Waals surface area contributed by atoms with E-state index in [1.54, 1.807) is 6.20 Å². The van der Waals surface area contributed by atoms with Gasteiger partial charge < -0.3 is 0 Å². The molecule has 2 rings (SSSR count). The van der Waals surface area contributed by atoms with Gasteiger partial charge in [-0.1, -0.05) is 64.3 Å². The number of unbranched alkanes of at least 4 members (excludes halogenated alkanes) is 2. The molecule has 0 aliphatic rings. The van der Waals surface area contributed by atoms with Crippen molar-refractivity contribution in [3.8, 4) is 11.3 Å². The number of rotatable bonds is 9. The number of carbonyl (C=O) groups excluding carboxylic acids is 1. The molecule has 1 heterocycles. The number of nitrogens with zero attached hydrogens (tertiary/aromatic N) is 2. The van der Waals surface area contributed by atoms with Gasteiger partial charge in [-0.05, 0) is 19.3 Å². The highest BCUT2D eigenvalue weighted by atomic mass is 16.1. The smallest absolute Gasteiger partial charge is 0.166 e. The lowest BCUT2D eigenvalue weighted by Gasteiger charge is -2.13. The van der Waals surface area contributed by atoms with Gasteiger partial charge in [0.2, 0.25) is 0 Å². The van der Waals surface area contributed by atoms with E-state index in [9.17, 15) is 4.79 Å². The monoisotopic (exact) mass is 324 g/mol. The summed E-state index contributed by atoms with van der Waals surface area (Å²) in [6.45, 7) is 6.31. The molecule has 0 amide bonds. The largest absolute Gasteiger partial charge is 0.294 e. The number of aryl methyl sites for hydroxylation is 1. The van der Waals surface area contributed by atoms with Gasteiger partial charge in [0.15, 0.2) is 5.78 Å². The molecule has 0 aliphatic heterocycles. The molecular weight excluding hydrogens is 296 g/mol. The molecule has 3 nitrogen and oxygen atoms in total. The lowest BCUT2D eigenvalue weighted by atomic mass is 9.91. The topological polar surface area (TPSA) is 42.9 Å². The quantitative estimate of drug-likeness (QED) is 0.452. The van der Waals surface area contributed by atoms with E-state index in [0.29, 0.717) is 0 Å². The Morgan fingerprint density at radius 1 is 1.04 bits per heavy atom. The summed E-state index contributed by atoms with van der Waals surface area (Å²) in [5.74, 6) is 0.235. The van der Waals surface area contributed by atoms with Gasteiger partial charge in [0, 0.05) is 23.2 Å². The third kappa shape index (κ3) is 4.73. The molecule has 0 saturated heterocycles. The molecular formula is C21H28N2O. The number of hydrogen-bond acceptors (Lipinski definition) is 3. The molecule has 0 saturated carbocycles. The molecule has 0 bridgehead atoms. The van der Waals surface area contributed by atoms with E-state index >= 15 is 0 Å². The van der Waals surface area contributed by atoms with Crippen molar-refractivity contribution in [2.45, 2.75) is 59.3 Å². The fraction of sp³-hybridized carbons (Fsp3) is 0.476. The number of hydrogen-bond donors (Lipinski definition) is 0. The van der Waals surface area contributed by atoms with Crippen LogP contribution in [0.3, 0.4) is 0 Å². The normalized spacial score (nSPS) is 12.1. The Bertz CT molecular complexity index is 649. The number of carbonyl (C=O) groups is 1. The lowest BCUT2D eigenvalue weighted by molar-refractivity contribution is 0.0924. The van der Waals surface area contributed by atoms with Crippen molar-refractivity contribution >= 4 is 5.78 Å². The second-order valence-corrected chi connectivity index (χ2v) is 6.45. The van der Waals surface area contributed by atoms with E-state index in [0.717, 1.165) is 48.2 Å². The highest BCUT2D eigenvalue weighted by Crippen LogP contribution is 2.25. The van der Waals surface area contributed by atoms with Crippen molar-refractivity contribution in [2.75, 3.05) is 0 Å². The van der Waals surface area contributed by atoms with E-state index in [-0.39, 0.29) is 11.7 Å². The first-order valence-corrected chi connectivity index (χ1v) is 9.11. The average Bonchev–Trinajstić information content (AvgIpc) is 2.62. The van der Waals surface area contributed by atoms with Crippen LogP contribution in [0.5, 0.6) is 0 Å². The second-order valence-electron chi connectivity index (χ2n) is 6.45. The highest BCUT2D eigenvalue weighted by Gasteiger charge is 2.18. The highest BCUT2D eigenvalue weighted by molar-refractivity contribution is 6.03. The van der Waals surface area contributed by atoms with Crippen molar-refractivity contribution in [1.82, 2.24) is 9.97 Å². The maximum absolute atomic E-state index is 12.7. The van der Waals surface area contributed by atoms with Crippen LogP contribution in [0.1, 0.15) is 68.9 Å². The van der Waals surface area contributed by atoms with Crippen LogP contribution in [0.4, 0.5) is 0 Å². The van der Waals surface area contributed by atoms with Crippen LogP contribution in [-0.4, -0.2) is 15.8 Å². The van der Waals surface area contributed by atoms with Crippen molar-refractivity contribution < 1.29 is 4.79 Å². The molecule has 1 aromatic carbocycles. The fourth-order valence-corrected chi connectivity index (χ4v) is 2.93. The van der Waals surface area contributed by atoms with E-state index in [4.69, 9.17) is 0 Å². The van der Waals surface area contributed by atoms with Crippen LogP contribution in [0.25, 0.3) is 11.3 Å². The Morgan fingerprint density at radius 3 is 2.50 bits per heavy atom. The van der Waals surface area contributed by atoms with Crippen LogP contribution in [0.15, 0.2) is 36.7 Å². The zero-order valence-electron chi connectivity index (χ0n) is 15.1. The Hall–Kier alpha value is -2.03. The SMILES string of the molecule is CCCCCc1cnc(-c2ccccc2C(=O)C(C)CCC)cn1. The third-order valence-electron chi connectivity index (χ3n) is 4.38. The van der Waals surface area contributed by atoms with Gasteiger partial charge in [0.05, 0.1) is 17.6 Å². The summed E-state index contributed by atoms with van der Waals surface area (Å²) in [5, 5.41) is 0. The van der Waals surface area contributed by atoms with Gasteiger partial charge in [-0.25, -0.2) is 0 Å². The van der Waals surface area contributed by atoms with Crippen molar-refractivity contribution in [2.24, 2.45) is 5.92 Å². The minimum Gasteiger partial charge on any atom is -0.294 e. The molecule has 0 aliphatic carbocycles. The average molecular weight is 324 g/mol. The predicted octanol–water partition coefficient (Wildman–Crippen LogP) is 5.50. The fourth-order valence-electron chi connectivity index (χ4n) is 2.93. The molecule has 0 spiro atoms. The minimum atomic E-state index is 0.0393. The molecule has 0 radical (unpaired) electrons. The zero-order valence-corrected chi connectivity index (χ0v) is 15.1. The van der Waals surface area contributed by atoms with Crippen molar-refractivity contribution in [1.29, 1.82) is 0 Å². The summed E-state index contributed by atoms with van der Waals surface area (Å²) in [7, 11) is 0. The van der Waals surface area contributed by atoms with Crippen LogP contribution in [-0.2, 0) is 6.42 Å². The first-order chi connectivity index (χ1) is 11.7. The summed E-state index contributed by atoms with van der Waals surface area (Å²) in [4.78, 5) is 21.8. The number of ketones is 1. The molecule has 1 aromatic heterocycles. The zero-order chi connectivity index (χ0) is 17.4. The van der Waals surface area contributed by atoms with E-state index in [1.807, 2.05) is 37.4 Å². The summed E-state index contributed by atoms with van der Waals surface area (Å²) in [6, 6.07) is 7.74. The summed E-state index contributed by atoms with van der Waals surface area (Å²) < 4.78 is 0. The number of benzene rings is 1. The van der Waals surface area contributed by atoms with E-state index < -0.39 is 0 Å². The van der Waals surface area contributed by atoms with Crippen LogP contribution < -0.4 is 0 Å². The van der Waals surface area contributed by atoms with Gasteiger partial charge in [0.25, 0.3) is 0 Å². The van der Waals surface area contributed by atoms with Gasteiger partial charge >= 0.3 is 0 Å². The molecule has 128 valence electrons. The number of aromatic nitrogens is 2. The Kier molecular flexibility index (Phi) is 7.10. The lowest BCUT2D eigenvalue weighted by Crippen LogP contribution is -2.12. The molecule has 0 N–H and O–H groups in total.